The van der Waals surface area contributed by atoms with Gasteiger partial charge in [0.05, 0.1) is 5.69 Å². The molecule has 0 bridgehead atoms. The van der Waals surface area contributed by atoms with Crippen molar-refractivity contribution in [2.24, 2.45) is 0 Å². The van der Waals surface area contributed by atoms with E-state index < -0.39 is 0 Å². The Kier molecular flexibility index (Phi) is 2.92. The molecule has 2 rings (SSSR count). The first-order valence-corrected chi connectivity index (χ1v) is 5.71. The molecule has 1 amide bonds. The molecule has 17 heavy (non-hydrogen) atoms. The summed E-state index contributed by atoms with van der Waals surface area (Å²) in [4.78, 5) is 25.3. The summed E-state index contributed by atoms with van der Waals surface area (Å²) in [7, 11) is 1.78. The Bertz CT molecular complexity index is 503. The number of pyridine rings is 1. The maximum atomic E-state index is 11.9. The summed E-state index contributed by atoms with van der Waals surface area (Å²) in [5.41, 5.74) is 6.82. The SMILES string of the molecule is Cc1cc(=O)n(CC(=O)N(C)C2CC2)cc1N. The van der Waals surface area contributed by atoms with Crippen LogP contribution < -0.4 is 11.3 Å². The molecule has 92 valence electrons. The molecular formula is C12H17N3O2. The van der Waals surface area contributed by atoms with Crippen molar-refractivity contribution in [1.82, 2.24) is 9.47 Å². The second kappa shape index (κ2) is 4.24. The van der Waals surface area contributed by atoms with Gasteiger partial charge >= 0.3 is 0 Å². The lowest BCUT2D eigenvalue weighted by molar-refractivity contribution is -0.131. The maximum absolute atomic E-state index is 11.9. The van der Waals surface area contributed by atoms with Crippen LogP contribution in [-0.4, -0.2) is 28.5 Å². The maximum Gasteiger partial charge on any atom is 0.251 e. The molecule has 0 radical (unpaired) electrons. The predicted molar refractivity (Wildman–Crippen MR) is 65.6 cm³/mol. The molecule has 0 unspecified atom stereocenters. The minimum absolute atomic E-state index is 0.0437. The number of carbonyl (C=O) groups is 1. The number of aryl methyl sites for hydroxylation is 1. The fraction of sp³-hybridized carbons (Fsp3) is 0.500. The van der Waals surface area contributed by atoms with Crippen molar-refractivity contribution < 1.29 is 4.79 Å². The van der Waals surface area contributed by atoms with Gasteiger partial charge in [0.15, 0.2) is 0 Å². The number of nitrogens with two attached hydrogens (primary N) is 1. The zero-order chi connectivity index (χ0) is 12.6. The van der Waals surface area contributed by atoms with Crippen LogP contribution in [0, 0.1) is 6.92 Å². The monoisotopic (exact) mass is 235 g/mol. The van der Waals surface area contributed by atoms with Crippen LogP contribution in [0.3, 0.4) is 0 Å². The summed E-state index contributed by atoms with van der Waals surface area (Å²) in [6.45, 7) is 1.84. The standard InChI is InChI=1S/C12H17N3O2/c1-8-5-11(16)15(6-10(8)13)7-12(17)14(2)9-3-4-9/h5-6,9H,3-4,7,13H2,1-2H3. The smallest absolute Gasteiger partial charge is 0.251 e. The number of carbonyl (C=O) groups excluding carboxylic acids is 1. The molecular weight excluding hydrogens is 218 g/mol. The number of likely N-dealkylation sites (N-methyl/N-ethyl adjacent to an activating group) is 1. The van der Waals surface area contributed by atoms with Crippen molar-refractivity contribution in [3.8, 4) is 0 Å². The first-order valence-electron chi connectivity index (χ1n) is 5.71. The third kappa shape index (κ3) is 2.49. The molecule has 0 aliphatic heterocycles. The lowest BCUT2D eigenvalue weighted by atomic mass is 10.2. The first kappa shape index (κ1) is 11.7. The van der Waals surface area contributed by atoms with Gasteiger partial charge in [-0.15, -0.1) is 0 Å². The van der Waals surface area contributed by atoms with Crippen molar-refractivity contribution in [2.45, 2.75) is 32.4 Å². The fourth-order valence-corrected chi connectivity index (χ4v) is 1.73. The lowest BCUT2D eigenvalue weighted by Gasteiger charge is -2.17. The highest BCUT2D eigenvalue weighted by molar-refractivity contribution is 5.76. The van der Waals surface area contributed by atoms with E-state index in [4.69, 9.17) is 5.73 Å². The molecule has 1 saturated carbocycles. The van der Waals surface area contributed by atoms with Crippen LogP contribution in [0.25, 0.3) is 0 Å². The van der Waals surface area contributed by atoms with Crippen molar-refractivity contribution in [1.29, 1.82) is 0 Å². The average Bonchev–Trinajstić information content (AvgIpc) is 3.08. The second-order valence-corrected chi connectivity index (χ2v) is 4.61. The molecule has 1 aromatic rings. The topological polar surface area (TPSA) is 68.3 Å². The average molecular weight is 235 g/mol. The Balaban J connectivity index is 2.15. The van der Waals surface area contributed by atoms with Crippen LogP contribution in [0.4, 0.5) is 5.69 Å². The molecule has 0 saturated heterocycles. The number of amides is 1. The first-order chi connectivity index (χ1) is 7.99. The Morgan fingerprint density at radius 3 is 2.82 bits per heavy atom. The lowest BCUT2D eigenvalue weighted by Crippen LogP contribution is -2.35. The van der Waals surface area contributed by atoms with Gasteiger partial charge in [-0.25, -0.2) is 0 Å². The molecule has 1 fully saturated rings. The zero-order valence-electron chi connectivity index (χ0n) is 10.1. The molecule has 1 aliphatic rings. The van der Waals surface area contributed by atoms with Crippen molar-refractivity contribution in [2.75, 3.05) is 12.8 Å². The van der Waals surface area contributed by atoms with E-state index in [1.807, 2.05) is 0 Å². The highest BCUT2D eigenvalue weighted by Gasteiger charge is 2.29. The molecule has 1 aliphatic carbocycles. The number of hydrogen-bond donors (Lipinski definition) is 1. The van der Waals surface area contributed by atoms with Gasteiger partial charge in [-0.05, 0) is 25.3 Å². The number of nitrogens with zero attached hydrogens (tertiary/aromatic N) is 2. The van der Waals surface area contributed by atoms with E-state index in [2.05, 4.69) is 0 Å². The molecule has 0 aromatic carbocycles. The van der Waals surface area contributed by atoms with Crippen LogP contribution in [0.5, 0.6) is 0 Å². The van der Waals surface area contributed by atoms with E-state index in [0.29, 0.717) is 11.7 Å². The predicted octanol–water partition coefficient (Wildman–Crippen LogP) is 0.360. The third-order valence-electron chi connectivity index (χ3n) is 3.17. The summed E-state index contributed by atoms with van der Waals surface area (Å²) in [5.74, 6) is -0.0437. The summed E-state index contributed by atoms with van der Waals surface area (Å²) < 4.78 is 1.36. The van der Waals surface area contributed by atoms with E-state index >= 15 is 0 Å². The van der Waals surface area contributed by atoms with Crippen molar-refractivity contribution >= 4 is 11.6 Å². The van der Waals surface area contributed by atoms with Crippen LogP contribution >= 0.6 is 0 Å². The second-order valence-electron chi connectivity index (χ2n) is 4.61. The summed E-state index contributed by atoms with van der Waals surface area (Å²) in [6, 6.07) is 1.82. The Hall–Kier alpha value is -1.78. The quantitative estimate of drug-likeness (QED) is 0.822. The number of nitrogen functional groups attached to an aromatic ring is 1. The minimum Gasteiger partial charge on any atom is -0.397 e. The summed E-state index contributed by atoms with van der Waals surface area (Å²) >= 11 is 0. The van der Waals surface area contributed by atoms with E-state index in [1.54, 1.807) is 18.9 Å². The van der Waals surface area contributed by atoms with Crippen LogP contribution in [-0.2, 0) is 11.3 Å². The van der Waals surface area contributed by atoms with Crippen LogP contribution in [0.15, 0.2) is 17.1 Å². The normalized spacial score (nSPS) is 14.7. The van der Waals surface area contributed by atoms with E-state index in [9.17, 15) is 9.59 Å². The Morgan fingerprint density at radius 2 is 2.24 bits per heavy atom. The van der Waals surface area contributed by atoms with Gasteiger partial charge in [-0.1, -0.05) is 0 Å². The number of aromatic nitrogens is 1. The van der Waals surface area contributed by atoms with E-state index in [0.717, 1.165) is 18.4 Å². The van der Waals surface area contributed by atoms with Gasteiger partial charge in [0, 0.05) is 25.4 Å². The Morgan fingerprint density at radius 1 is 1.59 bits per heavy atom. The van der Waals surface area contributed by atoms with E-state index in [-0.39, 0.29) is 18.0 Å². The third-order valence-corrected chi connectivity index (χ3v) is 3.17. The van der Waals surface area contributed by atoms with Gasteiger partial charge in [0.1, 0.15) is 6.54 Å². The molecule has 1 heterocycles. The highest BCUT2D eigenvalue weighted by atomic mass is 16.2. The zero-order valence-corrected chi connectivity index (χ0v) is 10.1. The number of anilines is 1. The minimum atomic E-state index is -0.186. The number of rotatable bonds is 3. The Labute approximate surface area is 99.8 Å². The van der Waals surface area contributed by atoms with Crippen LogP contribution in [0.2, 0.25) is 0 Å². The molecule has 0 atom stereocenters. The molecule has 0 spiro atoms. The van der Waals surface area contributed by atoms with Gasteiger partial charge < -0.3 is 15.2 Å². The largest absolute Gasteiger partial charge is 0.397 e. The molecule has 2 N–H and O–H groups in total. The van der Waals surface area contributed by atoms with Gasteiger partial charge in [0.25, 0.3) is 5.56 Å². The van der Waals surface area contributed by atoms with Crippen molar-refractivity contribution in [3.63, 3.8) is 0 Å². The summed E-state index contributed by atoms with van der Waals surface area (Å²) in [6.07, 6.45) is 3.66. The van der Waals surface area contributed by atoms with Gasteiger partial charge in [-0.3, -0.25) is 9.59 Å². The van der Waals surface area contributed by atoms with Gasteiger partial charge in [-0.2, -0.15) is 0 Å². The van der Waals surface area contributed by atoms with Gasteiger partial charge in [0.2, 0.25) is 5.91 Å². The van der Waals surface area contributed by atoms with Crippen LogP contribution in [0.1, 0.15) is 18.4 Å². The molecule has 1 aromatic heterocycles. The van der Waals surface area contributed by atoms with E-state index in [1.165, 1.54) is 16.8 Å². The highest BCUT2D eigenvalue weighted by Crippen LogP contribution is 2.25. The number of hydrogen-bond acceptors (Lipinski definition) is 3. The molecule has 5 heteroatoms. The van der Waals surface area contributed by atoms with Crippen molar-refractivity contribution in [3.05, 3.63) is 28.2 Å². The fourth-order valence-electron chi connectivity index (χ4n) is 1.73. The molecule has 5 nitrogen and oxygen atoms in total. The summed E-state index contributed by atoms with van der Waals surface area (Å²) in [5, 5.41) is 0.